The molecule has 0 aliphatic carbocycles. The van der Waals surface area contributed by atoms with E-state index in [1.54, 1.807) is 0 Å². The minimum atomic E-state index is -4.60. The van der Waals surface area contributed by atoms with Crippen LogP contribution in [0.5, 0.6) is 0 Å². The van der Waals surface area contributed by atoms with E-state index in [2.05, 4.69) is 38.2 Å². The Morgan fingerprint density at radius 3 is 1.61 bits per heavy atom. The SMILES string of the molecule is CCCCC/C=C\C/C=C\CCCCCCCC(=O)OC(COC(=O)CCCCCCCCCCCCCCC)COC1O[C@H](CS(=O)(=O)O)[C@@H](O)[C@H](O)[C@H]1O. The fraction of sp³-hybridized carbons (Fsp3) is 0.860. The molecular weight excluding hydrogens is 741 g/mol. The van der Waals surface area contributed by atoms with Crippen molar-refractivity contribution in [2.75, 3.05) is 19.0 Å². The van der Waals surface area contributed by atoms with E-state index in [-0.39, 0.29) is 19.4 Å². The summed E-state index contributed by atoms with van der Waals surface area (Å²) in [6.07, 6.45) is 26.5. The van der Waals surface area contributed by atoms with Gasteiger partial charge in [-0.2, -0.15) is 8.42 Å². The molecule has 4 N–H and O–H groups in total. The molecule has 12 nitrogen and oxygen atoms in total. The highest BCUT2D eigenvalue weighted by Gasteiger charge is 2.46. The highest BCUT2D eigenvalue weighted by molar-refractivity contribution is 7.85. The van der Waals surface area contributed by atoms with Crippen molar-refractivity contribution in [3.8, 4) is 0 Å². The summed E-state index contributed by atoms with van der Waals surface area (Å²) in [5, 5.41) is 30.8. The van der Waals surface area contributed by atoms with Crippen LogP contribution in [0.4, 0.5) is 0 Å². The van der Waals surface area contributed by atoms with Crippen molar-refractivity contribution in [3.05, 3.63) is 24.3 Å². The number of carbonyl (C=O) groups is 2. The zero-order valence-electron chi connectivity index (χ0n) is 34.7. The van der Waals surface area contributed by atoms with E-state index in [1.807, 2.05) is 0 Å². The van der Waals surface area contributed by atoms with Gasteiger partial charge >= 0.3 is 11.9 Å². The van der Waals surface area contributed by atoms with Crippen molar-refractivity contribution in [1.82, 2.24) is 0 Å². The predicted molar refractivity (Wildman–Crippen MR) is 220 cm³/mol. The third kappa shape index (κ3) is 28.5. The first kappa shape index (κ1) is 52.1. The van der Waals surface area contributed by atoms with Gasteiger partial charge in [0.1, 0.15) is 36.8 Å². The number of carbonyl (C=O) groups excluding carboxylic acids is 2. The first-order chi connectivity index (χ1) is 27.0. The summed E-state index contributed by atoms with van der Waals surface area (Å²) in [6, 6.07) is 0. The van der Waals surface area contributed by atoms with Gasteiger partial charge in [0.05, 0.1) is 6.61 Å². The molecule has 0 bridgehead atoms. The summed E-state index contributed by atoms with van der Waals surface area (Å²) >= 11 is 0. The van der Waals surface area contributed by atoms with E-state index < -0.39 is 71.2 Å². The van der Waals surface area contributed by atoms with Crippen LogP contribution in [-0.4, -0.2) is 96.0 Å². The number of rotatable bonds is 36. The summed E-state index contributed by atoms with van der Waals surface area (Å²) in [6.45, 7) is 3.72. The molecule has 0 spiro atoms. The standard InChI is InChI=1S/C43H78O12S/c1-3-5-7-9-11-13-15-17-18-20-22-24-26-28-30-32-39(45)54-36(34-53-43-42(48)41(47)40(46)37(55-43)35-56(49,50)51)33-52-38(44)31-29-27-25-23-21-19-16-14-12-10-8-6-4-2/h11,13,17-18,36-37,40-43,46-48H,3-10,12,14-16,19-35H2,1-2H3,(H,49,50,51)/b13-11-,18-17-/t36?,37-,40-,41+,42-,43?/m1/s1. The monoisotopic (exact) mass is 819 g/mol. The van der Waals surface area contributed by atoms with Crippen molar-refractivity contribution in [3.63, 3.8) is 0 Å². The lowest BCUT2D eigenvalue weighted by Gasteiger charge is -2.40. The fourth-order valence-electron chi connectivity index (χ4n) is 6.59. The third-order valence-electron chi connectivity index (χ3n) is 10.0. The van der Waals surface area contributed by atoms with Gasteiger partial charge in [0.2, 0.25) is 0 Å². The van der Waals surface area contributed by atoms with Gasteiger partial charge in [0, 0.05) is 12.8 Å². The van der Waals surface area contributed by atoms with E-state index in [0.717, 1.165) is 64.2 Å². The molecule has 0 aromatic rings. The smallest absolute Gasteiger partial charge is 0.306 e. The largest absolute Gasteiger partial charge is 0.462 e. The van der Waals surface area contributed by atoms with Crippen LogP contribution in [0.3, 0.4) is 0 Å². The highest BCUT2D eigenvalue weighted by atomic mass is 32.2. The van der Waals surface area contributed by atoms with Crippen LogP contribution in [0.1, 0.15) is 181 Å². The minimum Gasteiger partial charge on any atom is -0.462 e. The van der Waals surface area contributed by atoms with Crippen molar-refractivity contribution < 1.29 is 56.8 Å². The molecule has 56 heavy (non-hydrogen) atoms. The summed E-state index contributed by atoms with van der Waals surface area (Å²) in [5.74, 6) is -1.99. The average molecular weight is 819 g/mol. The maximum absolute atomic E-state index is 12.8. The van der Waals surface area contributed by atoms with Crippen LogP contribution in [0.2, 0.25) is 0 Å². The first-order valence-corrected chi connectivity index (χ1v) is 23.5. The molecule has 0 amide bonds. The molecule has 1 fully saturated rings. The van der Waals surface area contributed by atoms with Gasteiger partial charge in [-0.05, 0) is 44.9 Å². The molecule has 6 atom stereocenters. The number of hydrogen-bond acceptors (Lipinski definition) is 11. The number of aliphatic hydroxyl groups excluding tert-OH is 3. The number of hydrogen-bond donors (Lipinski definition) is 4. The van der Waals surface area contributed by atoms with Gasteiger partial charge in [-0.1, -0.05) is 147 Å². The number of aliphatic hydroxyl groups is 3. The molecule has 0 aromatic carbocycles. The topological polar surface area (TPSA) is 186 Å². The zero-order valence-corrected chi connectivity index (χ0v) is 35.6. The van der Waals surface area contributed by atoms with Crippen molar-refractivity contribution >= 4 is 22.1 Å². The zero-order chi connectivity index (χ0) is 41.3. The minimum absolute atomic E-state index is 0.151. The lowest BCUT2D eigenvalue weighted by molar-refractivity contribution is -0.297. The molecule has 1 aliphatic heterocycles. The molecule has 0 saturated carbocycles. The van der Waals surface area contributed by atoms with Gasteiger partial charge < -0.3 is 34.3 Å². The van der Waals surface area contributed by atoms with Crippen LogP contribution in [0.25, 0.3) is 0 Å². The van der Waals surface area contributed by atoms with Crippen LogP contribution < -0.4 is 0 Å². The normalized spacial score (nSPS) is 20.9. The summed E-state index contributed by atoms with van der Waals surface area (Å²) in [4.78, 5) is 25.3. The number of unbranched alkanes of at least 4 members (excludes halogenated alkanes) is 20. The van der Waals surface area contributed by atoms with E-state index in [0.29, 0.717) is 12.8 Å². The molecule has 13 heteroatoms. The molecule has 0 radical (unpaired) electrons. The van der Waals surface area contributed by atoms with Gasteiger partial charge in [-0.15, -0.1) is 0 Å². The Morgan fingerprint density at radius 2 is 1.07 bits per heavy atom. The van der Waals surface area contributed by atoms with E-state index >= 15 is 0 Å². The average Bonchev–Trinajstić information content (AvgIpc) is 3.16. The first-order valence-electron chi connectivity index (χ1n) is 21.9. The number of esters is 2. The second kappa shape index (κ2) is 34.0. The van der Waals surface area contributed by atoms with Gasteiger partial charge in [0.25, 0.3) is 10.1 Å². The van der Waals surface area contributed by atoms with Crippen LogP contribution in [0.15, 0.2) is 24.3 Å². The Hall–Kier alpha value is -1.87. The van der Waals surface area contributed by atoms with E-state index in [9.17, 15) is 37.9 Å². The summed E-state index contributed by atoms with van der Waals surface area (Å²) in [5.41, 5.74) is 0. The van der Waals surface area contributed by atoms with Crippen molar-refractivity contribution in [2.45, 2.75) is 218 Å². The molecule has 1 rings (SSSR count). The Morgan fingerprint density at radius 1 is 0.607 bits per heavy atom. The van der Waals surface area contributed by atoms with Gasteiger partial charge in [0.15, 0.2) is 12.4 Å². The second-order valence-corrected chi connectivity index (χ2v) is 16.9. The lowest BCUT2D eigenvalue weighted by Crippen LogP contribution is -2.60. The molecule has 2 unspecified atom stereocenters. The molecule has 328 valence electrons. The second-order valence-electron chi connectivity index (χ2n) is 15.4. The van der Waals surface area contributed by atoms with Crippen LogP contribution >= 0.6 is 0 Å². The molecule has 1 saturated heterocycles. The molecule has 1 aliphatic rings. The Labute approximate surface area is 338 Å². The maximum atomic E-state index is 12.8. The maximum Gasteiger partial charge on any atom is 0.306 e. The molecule has 1 heterocycles. The Balaban J connectivity index is 2.48. The quantitative estimate of drug-likeness (QED) is 0.0205. The fourth-order valence-corrected chi connectivity index (χ4v) is 7.28. The van der Waals surface area contributed by atoms with Crippen molar-refractivity contribution in [2.24, 2.45) is 0 Å². The predicted octanol–water partition coefficient (Wildman–Crippen LogP) is 8.45. The lowest BCUT2D eigenvalue weighted by atomic mass is 10.00. The van der Waals surface area contributed by atoms with E-state index in [4.69, 9.17) is 18.9 Å². The van der Waals surface area contributed by atoms with Crippen LogP contribution in [0, 0.1) is 0 Å². The molecule has 0 aromatic heterocycles. The molecular formula is C43H78O12S. The number of ether oxygens (including phenoxy) is 4. The Bertz CT molecular complexity index is 1140. The van der Waals surface area contributed by atoms with E-state index in [1.165, 1.54) is 77.0 Å². The number of allylic oxidation sites excluding steroid dienone is 4. The van der Waals surface area contributed by atoms with Gasteiger partial charge in [-0.25, -0.2) is 0 Å². The van der Waals surface area contributed by atoms with Crippen LogP contribution in [-0.2, 0) is 38.7 Å². The third-order valence-corrected chi connectivity index (χ3v) is 10.8. The highest BCUT2D eigenvalue weighted by Crippen LogP contribution is 2.24. The van der Waals surface area contributed by atoms with Gasteiger partial charge in [-0.3, -0.25) is 14.1 Å². The summed E-state index contributed by atoms with van der Waals surface area (Å²) in [7, 11) is -4.60. The Kier molecular flexibility index (Phi) is 31.7. The summed E-state index contributed by atoms with van der Waals surface area (Å²) < 4.78 is 54.0. The van der Waals surface area contributed by atoms with Crippen molar-refractivity contribution in [1.29, 1.82) is 0 Å².